The van der Waals surface area contributed by atoms with E-state index in [0.29, 0.717) is 19.3 Å². The summed E-state index contributed by atoms with van der Waals surface area (Å²) in [6.45, 7) is 3.59. The number of carbonyl (C=O) groups is 2. The van der Waals surface area contributed by atoms with Gasteiger partial charge in [0.1, 0.15) is 6.61 Å². The molecule has 0 saturated carbocycles. The minimum Gasteiger partial charge on any atom is -0.462 e. The minimum atomic E-state index is -4.39. The van der Waals surface area contributed by atoms with Crippen molar-refractivity contribution in [1.82, 2.24) is 0 Å². The van der Waals surface area contributed by atoms with Gasteiger partial charge in [-0.05, 0) is 70.6 Å². The molecule has 10 heteroatoms. The largest absolute Gasteiger partial charge is 0.472 e. The molecule has 0 saturated heterocycles. The molecule has 3 N–H and O–H groups in total. The number of ether oxygens (including phenoxy) is 2. The van der Waals surface area contributed by atoms with Gasteiger partial charge in [-0.1, -0.05) is 139 Å². The summed E-state index contributed by atoms with van der Waals surface area (Å²) in [5, 5.41) is 0. The van der Waals surface area contributed by atoms with Crippen molar-refractivity contribution in [2.75, 3.05) is 26.4 Å². The first-order valence-electron chi connectivity index (χ1n) is 20.3. The summed E-state index contributed by atoms with van der Waals surface area (Å²) in [4.78, 5) is 34.7. The Morgan fingerprint density at radius 3 is 1.60 bits per heavy atom. The van der Waals surface area contributed by atoms with E-state index < -0.39 is 32.5 Å². The van der Waals surface area contributed by atoms with Crippen LogP contribution in [0.25, 0.3) is 0 Å². The zero-order chi connectivity index (χ0) is 38.2. The Balaban J connectivity index is 4.32. The molecule has 1 unspecified atom stereocenters. The van der Waals surface area contributed by atoms with Crippen LogP contribution in [0.4, 0.5) is 0 Å². The maximum Gasteiger partial charge on any atom is 0.472 e. The Hall–Kier alpha value is -2.29. The van der Waals surface area contributed by atoms with E-state index in [1.54, 1.807) is 0 Å². The predicted molar refractivity (Wildman–Crippen MR) is 215 cm³/mol. The first-order valence-corrected chi connectivity index (χ1v) is 21.8. The third-order valence-electron chi connectivity index (χ3n) is 8.13. The second-order valence-corrected chi connectivity index (χ2v) is 14.6. The number of phosphoric ester groups is 1. The number of nitrogens with two attached hydrogens (primary N) is 1. The zero-order valence-corrected chi connectivity index (χ0v) is 33.7. The first kappa shape index (κ1) is 49.7. The number of phosphoric acid groups is 1. The molecule has 0 aromatic rings. The smallest absolute Gasteiger partial charge is 0.462 e. The number of allylic oxidation sites excluding steroid dienone is 10. The van der Waals surface area contributed by atoms with Crippen LogP contribution in [0.3, 0.4) is 0 Å². The van der Waals surface area contributed by atoms with Crippen LogP contribution in [0.15, 0.2) is 60.8 Å². The standard InChI is InChI=1S/C42H74NO8P/c1-3-5-7-9-11-13-15-17-19-20-21-23-25-27-29-31-33-35-42(45)51-40(39-50-52(46,47)49-37-36-43)38-48-41(44)34-32-30-28-26-24-22-18-16-14-12-10-8-6-4-2/h10,12,16-19,21,23,27,29,40H,3-9,11,13-15,20,22,24-26,28,30-39,43H2,1-2H3,(H,46,47)/b12-10+,18-16+,19-17+,23-21+,29-27+/t40-/m1/s1. The topological polar surface area (TPSA) is 134 Å². The molecule has 0 aliphatic rings. The molecule has 9 nitrogen and oxygen atoms in total. The van der Waals surface area contributed by atoms with Crippen LogP contribution < -0.4 is 5.73 Å². The summed E-state index contributed by atoms with van der Waals surface area (Å²) >= 11 is 0. The molecule has 0 radical (unpaired) electrons. The van der Waals surface area contributed by atoms with Crippen molar-refractivity contribution in [2.45, 2.75) is 168 Å². The summed E-state index contributed by atoms with van der Waals surface area (Å²) in [5.41, 5.74) is 5.33. The van der Waals surface area contributed by atoms with Gasteiger partial charge >= 0.3 is 19.8 Å². The van der Waals surface area contributed by atoms with Crippen LogP contribution in [-0.4, -0.2) is 49.3 Å². The highest BCUT2D eigenvalue weighted by Gasteiger charge is 2.25. The molecular weight excluding hydrogens is 677 g/mol. The van der Waals surface area contributed by atoms with Gasteiger partial charge in [0.15, 0.2) is 6.10 Å². The predicted octanol–water partition coefficient (Wildman–Crippen LogP) is 11.3. The average Bonchev–Trinajstić information content (AvgIpc) is 3.13. The van der Waals surface area contributed by atoms with E-state index in [-0.39, 0.29) is 32.6 Å². The Morgan fingerprint density at radius 2 is 1.04 bits per heavy atom. The van der Waals surface area contributed by atoms with Crippen molar-refractivity contribution < 1.29 is 37.6 Å². The molecule has 0 spiro atoms. The molecule has 0 fully saturated rings. The van der Waals surface area contributed by atoms with Gasteiger partial charge in [-0.3, -0.25) is 18.6 Å². The summed E-state index contributed by atoms with van der Waals surface area (Å²) < 4.78 is 32.6. The van der Waals surface area contributed by atoms with E-state index in [2.05, 4.69) is 68.5 Å². The van der Waals surface area contributed by atoms with Crippen LogP contribution in [0.1, 0.15) is 162 Å². The summed E-state index contributed by atoms with van der Waals surface area (Å²) in [7, 11) is -4.39. The van der Waals surface area contributed by atoms with E-state index in [1.165, 1.54) is 51.4 Å². The lowest BCUT2D eigenvalue weighted by Crippen LogP contribution is -2.29. The van der Waals surface area contributed by atoms with Crippen molar-refractivity contribution >= 4 is 19.8 Å². The van der Waals surface area contributed by atoms with Gasteiger partial charge in [-0.15, -0.1) is 0 Å². The second-order valence-electron chi connectivity index (χ2n) is 13.1. The van der Waals surface area contributed by atoms with E-state index >= 15 is 0 Å². The lowest BCUT2D eigenvalue weighted by Gasteiger charge is -2.19. The normalized spacial score (nSPS) is 14.0. The monoisotopic (exact) mass is 752 g/mol. The fourth-order valence-corrected chi connectivity index (χ4v) is 5.84. The number of unbranched alkanes of at least 4 members (excludes halogenated alkanes) is 14. The van der Waals surface area contributed by atoms with Crippen molar-refractivity contribution in [2.24, 2.45) is 5.73 Å². The van der Waals surface area contributed by atoms with Gasteiger partial charge in [-0.2, -0.15) is 0 Å². The first-order chi connectivity index (χ1) is 25.3. The Labute approximate surface area is 317 Å². The van der Waals surface area contributed by atoms with Gasteiger partial charge in [0.05, 0.1) is 13.2 Å². The fourth-order valence-electron chi connectivity index (χ4n) is 5.08. The zero-order valence-electron chi connectivity index (χ0n) is 32.8. The minimum absolute atomic E-state index is 0.0412. The summed E-state index contributed by atoms with van der Waals surface area (Å²) in [5.74, 6) is -0.912. The molecule has 52 heavy (non-hydrogen) atoms. The molecule has 0 heterocycles. The molecule has 0 aliphatic carbocycles. The molecule has 0 aromatic heterocycles. The van der Waals surface area contributed by atoms with Crippen molar-refractivity contribution in [3.05, 3.63) is 60.8 Å². The molecule has 2 atom stereocenters. The van der Waals surface area contributed by atoms with Gasteiger partial charge in [-0.25, -0.2) is 4.57 Å². The fraction of sp³-hybridized carbons (Fsp3) is 0.714. The Bertz CT molecular complexity index is 1040. The lowest BCUT2D eigenvalue weighted by atomic mass is 10.1. The van der Waals surface area contributed by atoms with Crippen LogP contribution in [0.2, 0.25) is 0 Å². The van der Waals surface area contributed by atoms with Crippen LogP contribution in [0.5, 0.6) is 0 Å². The van der Waals surface area contributed by atoms with Crippen molar-refractivity contribution in [3.63, 3.8) is 0 Å². The van der Waals surface area contributed by atoms with E-state index in [0.717, 1.165) is 64.2 Å². The number of rotatable bonds is 37. The second kappa shape index (κ2) is 38.4. The third kappa shape index (κ3) is 37.5. The number of esters is 2. The van der Waals surface area contributed by atoms with Gasteiger partial charge in [0, 0.05) is 19.4 Å². The van der Waals surface area contributed by atoms with Crippen LogP contribution >= 0.6 is 7.82 Å². The average molecular weight is 752 g/mol. The maximum absolute atomic E-state index is 12.5. The van der Waals surface area contributed by atoms with Crippen molar-refractivity contribution in [1.29, 1.82) is 0 Å². The highest BCUT2D eigenvalue weighted by atomic mass is 31.2. The Kier molecular flexibility index (Phi) is 36.7. The van der Waals surface area contributed by atoms with Crippen LogP contribution in [0, 0.1) is 0 Å². The molecule has 0 aliphatic heterocycles. The molecule has 0 bridgehead atoms. The summed E-state index contributed by atoms with van der Waals surface area (Å²) in [6, 6.07) is 0. The number of hydrogen-bond donors (Lipinski definition) is 2. The SMILES string of the molecule is CCCC/C=C/C/C=C/CCCCCCCC(=O)OC[C@H](COP(=O)(O)OCCN)OC(=O)CCC/C=C/C/C=C/C/C=C/CCCCCCCC. The van der Waals surface area contributed by atoms with E-state index in [1.807, 2.05) is 6.08 Å². The molecule has 0 rings (SSSR count). The highest BCUT2D eigenvalue weighted by molar-refractivity contribution is 7.47. The van der Waals surface area contributed by atoms with E-state index in [9.17, 15) is 19.0 Å². The van der Waals surface area contributed by atoms with Crippen LogP contribution in [-0.2, 0) is 32.7 Å². The maximum atomic E-state index is 12.5. The third-order valence-corrected chi connectivity index (χ3v) is 9.11. The van der Waals surface area contributed by atoms with E-state index in [4.69, 9.17) is 24.3 Å². The van der Waals surface area contributed by atoms with Gasteiger partial charge in [0.25, 0.3) is 0 Å². The van der Waals surface area contributed by atoms with Gasteiger partial charge < -0.3 is 20.1 Å². The Morgan fingerprint density at radius 1 is 0.577 bits per heavy atom. The molecule has 0 amide bonds. The van der Waals surface area contributed by atoms with Gasteiger partial charge in [0.2, 0.25) is 0 Å². The highest BCUT2D eigenvalue weighted by Crippen LogP contribution is 2.43. The number of hydrogen-bond acceptors (Lipinski definition) is 8. The molecule has 0 aromatic carbocycles. The molecule has 300 valence electrons. The van der Waals surface area contributed by atoms with Crippen molar-refractivity contribution in [3.8, 4) is 0 Å². The molecular formula is C42H74NO8P. The number of carbonyl (C=O) groups excluding carboxylic acids is 2. The summed E-state index contributed by atoms with van der Waals surface area (Å²) in [6.07, 6.45) is 44.0. The quantitative estimate of drug-likeness (QED) is 0.0275. The lowest BCUT2D eigenvalue weighted by molar-refractivity contribution is -0.161.